The van der Waals surface area contributed by atoms with Crippen molar-refractivity contribution < 1.29 is 22.7 Å². The van der Waals surface area contributed by atoms with E-state index < -0.39 is 10.0 Å². The normalized spacial score (nSPS) is 10.9. The highest BCUT2D eigenvalue weighted by Crippen LogP contribution is 2.16. The summed E-state index contributed by atoms with van der Waals surface area (Å²) < 4.78 is 31.7. The zero-order valence-corrected chi connectivity index (χ0v) is 15.8. The smallest absolute Gasteiger partial charge is 0.240 e. The second-order valence-electron chi connectivity index (χ2n) is 5.63. The number of benzene rings is 2. The summed E-state index contributed by atoms with van der Waals surface area (Å²) in [5, 5.41) is 5.28. The van der Waals surface area contributed by atoms with Crippen LogP contribution in [0.4, 0.5) is 11.4 Å². The topological polar surface area (TPSA) is 114 Å². The molecule has 27 heavy (non-hydrogen) atoms. The first-order chi connectivity index (χ1) is 12.8. The molecule has 0 aliphatic heterocycles. The van der Waals surface area contributed by atoms with Gasteiger partial charge in [-0.3, -0.25) is 9.59 Å². The fourth-order valence-electron chi connectivity index (χ4n) is 2.20. The summed E-state index contributed by atoms with van der Waals surface area (Å²) in [4.78, 5) is 23.0. The van der Waals surface area contributed by atoms with E-state index in [9.17, 15) is 18.0 Å². The van der Waals surface area contributed by atoms with Gasteiger partial charge in [0.2, 0.25) is 21.8 Å². The first-order valence-corrected chi connectivity index (χ1v) is 9.60. The van der Waals surface area contributed by atoms with Gasteiger partial charge in [0, 0.05) is 31.3 Å². The minimum atomic E-state index is -3.70. The van der Waals surface area contributed by atoms with Gasteiger partial charge >= 0.3 is 0 Å². The molecule has 0 saturated carbocycles. The number of methoxy groups -OCH3 is 1. The Morgan fingerprint density at radius 2 is 1.48 bits per heavy atom. The minimum absolute atomic E-state index is 0.0250. The number of anilines is 2. The number of carbonyl (C=O) groups is 2. The Kier molecular flexibility index (Phi) is 6.91. The van der Waals surface area contributed by atoms with Gasteiger partial charge in [0.15, 0.2) is 0 Å². The van der Waals surface area contributed by atoms with E-state index in [0.717, 1.165) is 0 Å². The third kappa shape index (κ3) is 6.39. The molecule has 2 aromatic rings. The van der Waals surface area contributed by atoms with E-state index in [0.29, 0.717) is 17.1 Å². The number of carbonyl (C=O) groups excluding carboxylic acids is 2. The van der Waals surface area contributed by atoms with Crippen molar-refractivity contribution in [2.75, 3.05) is 24.3 Å². The van der Waals surface area contributed by atoms with E-state index >= 15 is 0 Å². The molecular formula is C18H21N3O5S. The molecule has 0 spiro atoms. The quantitative estimate of drug-likeness (QED) is 0.637. The van der Waals surface area contributed by atoms with Crippen LogP contribution in [-0.4, -0.2) is 33.9 Å². The fourth-order valence-corrected chi connectivity index (χ4v) is 3.23. The molecule has 0 aliphatic rings. The number of rotatable bonds is 8. The number of hydrogen-bond acceptors (Lipinski definition) is 5. The van der Waals surface area contributed by atoms with Crippen molar-refractivity contribution in [3.05, 3.63) is 48.5 Å². The average Bonchev–Trinajstić information content (AvgIpc) is 2.63. The number of ether oxygens (including phenoxy) is 1. The third-order valence-electron chi connectivity index (χ3n) is 3.50. The van der Waals surface area contributed by atoms with E-state index in [1.807, 2.05) is 0 Å². The molecule has 0 bridgehead atoms. The van der Waals surface area contributed by atoms with Gasteiger partial charge < -0.3 is 15.4 Å². The highest BCUT2D eigenvalue weighted by molar-refractivity contribution is 7.89. The third-order valence-corrected chi connectivity index (χ3v) is 4.98. The fraction of sp³-hybridized carbons (Fsp3) is 0.222. The van der Waals surface area contributed by atoms with Crippen LogP contribution in [0.15, 0.2) is 53.4 Å². The molecule has 0 heterocycles. The molecule has 0 unspecified atom stereocenters. The minimum Gasteiger partial charge on any atom is -0.497 e. The van der Waals surface area contributed by atoms with Gasteiger partial charge in [-0.05, 0) is 48.5 Å². The predicted octanol–water partition coefficient (Wildman–Crippen LogP) is 1.96. The van der Waals surface area contributed by atoms with Gasteiger partial charge in [-0.2, -0.15) is 0 Å². The lowest BCUT2D eigenvalue weighted by Crippen LogP contribution is -2.27. The Morgan fingerprint density at radius 1 is 0.926 bits per heavy atom. The van der Waals surface area contributed by atoms with Crippen LogP contribution < -0.4 is 20.1 Å². The van der Waals surface area contributed by atoms with Gasteiger partial charge in [-0.25, -0.2) is 13.1 Å². The van der Waals surface area contributed by atoms with Crippen LogP contribution in [0.5, 0.6) is 5.75 Å². The second-order valence-corrected chi connectivity index (χ2v) is 7.40. The summed E-state index contributed by atoms with van der Waals surface area (Å²) in [6, 6.07) is 12.6. The largest absolute Gasteiger partial charge is 0.497 e. The van der Waals surface area contributed by atoms with E-state index in [2.05, 4.69) is 15.4 Å². The first kappa shape index (κ1) is 20.4. The maximum Gasteiger partial charge on any atom is 0.240 e. The van der Waals surface area contributed by atoms with Crippen LogP contribution in [0.2, 0.25) is 0 Å². The van der Waals surface area contributed by atoms with Crippen LogP contribution >= 0.6 is 0 Å². The summed E-state index contributed by atoms with van der Waals surface area (Å²) in [6.45, 7) is 1.37. The molecule has 0 aliphatic carbocycles. The standard InChI is InChI=1S/C18H21N3O5S/c1-13(22)20-14-3-5-15(6-4-14)21-18(23)11-12-19-27(24,25)17-9-7-16(26-2)8-10-17/h3-10,19H,11-12H2,1-2H3,(H,20,22)(H,21,23). The number of amides is 2. The lowest BCUT2D eigenvalue weighted by molar-refractivity contribution is -0.116. The van der Waals surface area contributed by atoms with Gasteiger partial charge in [-0.1, -0.05) is 0 Å². The molecule has 0 fully saturated rings. The van der Waals surface area contributed by atoms with Crippen molar-refractivity contribution in [2.24, 2.45) is 0 Å². The Hall–Kier alpha value is -2.91. The van der Waals surface area contributed by atoms with E-state index in [4.69, 9.17) is 4.74 Å². The summed E-state index contributed by atoms with van der Waals surface area (Å²) in [6.07, 6.45) is -0.0250. The monoisotopic (exact) mass is 391 g/mol. The zero-order chi connectivity index (χ0) is 19.9. The lowest BCUT2D eigenvalue weighted by atomic mass is 10.2. The molecule has 0 saturated heterocycles. The van der Waals surface area contributed by atoms with Crippen LogP contribution in [0.25, 0.3) is 0 Å². The van der Waals surface area contributed by atoms with E-state index in [1.165, 1.54) is 26.2 Å². The molecule has 2 aromatic carbocycles. The number of nitrogens with one attached hydrogen (secondary N) is 3. The molecule has 9 heteroatoms. The van der Waals surface area contributed by atoms with Crippen LogP contribution in [0.1, 0.15) is 13.3 Å². The van der Waals surface area contributed by atoms with E-state index in [-0.39, 0.29) is 29.7 Å². The molecule has 2 rings (SSSR count). The summed E-state index contributed by atoms with van der Waals surface area (Å²) >= 11 is 0. The Morgan fingerprint density at radius 3 is 2.00 bits per heavy atom. The lowest BCUT2D eigenvalue weighted by Gasteiger charge is -2.09. The van der Waals surface area contributed by atoms with Crippen molar-refractivity contribution >= 4 is 33.2 Å². The highest BCUT2D eigenvalue weighted by Gasteiger charge is 2.14. The average molecular weight is 391 g/mol. The van der Waals surface area contributed by atoms with Gasteiger partial charge in [-0.15, -0.1) is 0 Å². The van der Waals surface area contributed by atoms with E-state index in [1.54, 1.807) is 36.4 Å². The maximum absolute atomic E-state index is 12.2. The van der Waals surface area contributed by atoms with Crippen LogP contribution in [-0.2, 0) is 19.6 Å². The highest BCUT2D eigenvalue weighted by atomic mass is 32.2. The molecule has 144 valence electrons. The molecule has 2 amide bonds. The zero-order valence-electron chi connectivity index (χ0n) is 15.0. The SMILES string of the molecule is COc1ccc(S(=O)(=O)NCCC(=O)Nc2ccc(NC(C)=O)cc2)cc1. The summed E-state index contributed by atoms with van der Waals surface area (Å²) in [7, 11) is -2.20. The maximum atomic E-state index is 12.2. The second kappa shape index (κ2) is 9.15. The van der Waals surface area contributed by atoms with Crippen LogP contribution in [0, 0.1) is 0 Å². The Bertz CT molecular complexity index is 894. The number of hydrogen-bond donors (Lipinski definition) is 3. The summed E-state index contributed by atoms with van der Waals surface area (Å²) in [5.41, 5.74) is 1.17. The Labute approximate surface area is 158 Å². The molecule has 0 atom stereocenters. The summed E-state index contributed by atoms with van der Waals surface area (Å²) in [5.74, 6) is 0.0356. The first-order valence-electron chi connectivity index (χ1n) is 8.11. The van der Waals surface area contributed by atoms with Crippen molar-refractivity contribution in [1.29, 1.82) is 0 Å². The molecule has 0 aromatic heterocycles. The molecular weight excluding hydrogens is 370 g/mol. The van der Waals surface area contributed by atoms with Crippen molar-refractivity contribution in [2.45, 2.75) is 18.2 Å². The Balaban J connectivity index is 1.83. The molecule has 8 nitrogen and oxygen atoms in total. The molecule has 0 radical (unpaired) electrons. The predicted molar refractivity (Wildman–Crippen MR) is 102 cm³/mol. The van der Waals surface area contributed by atoms with Crippen molar-refractivity contribution in [1.82, 2.24) is 4.72 Å². The van der Waals surface area contributed by atoms with Gasteiger partial charge in [0.25, 0.3) is 0 Å². The van der Waals surface area contributed by atoms with Crippen molar-refractivity contribution in [3.8, 4) is 5.75 Å². The molecule has 3 N–H and O–H groups in total. The van der Waals surface area contributed by atoms with Gasteiger partial charge in [0.1, 0.15) is 5.75 Å². The number of sulfonamides is 1. The van der Waals surface area contributed by atoms with Crippen LogP contribution in [0.3, 0.4) is 0 Å². The van der Waals surface area contributed by atoms with Gasteiger partial charge in [0.05, 0.1) is 12.0 Å². The van der Waals surface area contributed by atoms with Crippen molar-refractivity contribution in [3.63, 3.8) is 0 Å².